The van der Waals surface area contributed by atoms with Gasteiger partial charge in [0.2, 0.25) is 6.33 Å². The number of rotatable bonds is 4. The van der Waals surface area contributed by atoms with E-state index in [0.29, 0.717) is 0 Å². The van der Waals surface area contributed by atoms with Crippen LogP contribution in [0.4, 0.5) is 17.3 Å². The molecular weight excluding hydrogens is 439 g/mol. The summed E-state index contributed by atoms with van der Waals surface area (Å²) in [5.74, 6) is 0. The van der Waals surface area contributed by atoms with Crippen LogP contribution in [0.3, 0.4) is 0 Å². The summed E-state index contributed by atoms with van der Waals surface area (Å²) in [6.07, 6.45) is 6.61. The minimum absolute atomic E-state index is 0.266. The van der Waals surface area contributed by atoms with E-state index in [1.807, 2.05) is 0 Å². The van der Waals surface area contributed by atoms with Gasteiger partial charge in [0.15, 0.2) is 0 Å². The Morgan fingerprint density at radius 2 is 1.15 bits per heavy atom. The van der Waals surface area contributed by atoms with Crippen molar-refractivity contribution in [2.75, 3.05) is 0 Å². The van der Waals surface area contributed by atoms with Crippen molar-refractivity contribution in [3.8, 4) is 0 Å². The maximum atomic E-state index is 9.75. The predicted octanol–water partition coefficient (Wildman–Crippen LogP) is 7.60. The highest BCUT2D eigenvalue weighted by atomic mass is 19.5. The van der Waals surface area contributed by atoms with Gasteiger partial charge in [0, 0.05) is 11.1 Å². The van der Waals surface area contributed by atoms with Crippen molar-refractivity contribution in [1.29, 1.82) is 0 Å². The second-order valence-electron chi connectivity index (χ2n) is 8.29. The maximum absolute atomic E-state index is 9.75. The van der Waals surface area contributed by atoms with Gasteiger partial charge in [-0.05, 0) is 35.4 Å². The van der Waals surface area contributed by atoms with E-state index in [-0.39, 0.29) is 12.1 Å². The van der Waals surface area contributed by atoms with Crippen LogP contribution in [-0.4, -0.2) is 11.8 Å². The molecule has 34 heavy (non-hydrogen) atoms. The minimum atomic E-state index is -6.00. The third-order valence-corrected chi connectivity index (χ3v) is 6.12. The fourth-order valence-electron chi connectivity index (χ4n) is 4.39. The van der Waals surface area contributed by atoms with Gasteiger partial charge in [0.25, 0.3) is 0 Å². The molecule has 0 fully saturated rings. The molecule has 0 saturated carbocycles. The van der Waals surface area contributed by atoms with Gasteiger partial charge in [-0.2, -0.15) is 0 Å². The Labute approximate surface area is 196 Å². The molecule has 7 heteroatoms. The Morgan fingerprint density at radius 1 is 0.676 bits per heavy atom. The topological polar surface area (TPSA) is 8.81 Å². The van der Waals surface area contributed by atoms with Crippen molar-refractivity contribution in [3.63, 3.8) is 0 Å². The van der Waals surface area contributed by atoms with E-state index >= 15 is 0 Å². The maximum Gasteiger partial charge on any atom is 0.673 e. The van der Waals surface area contributed by atoms with Crippen molar-refractivity contribution < 1.29 is 21.8 Å². The molecule has 2 nitrogen and oxygen atoms in total. The molecule has 0 aliphatic rings. The van der Waals surface area contributed by atoms with Crippen LogP contribution in [0.1, 0.15) is 37.1 Å². The third kappa shape index (κ3) is 5.30. The number of hydrogen-bond acceptors (Lipinski definition) is 0. The average Bonchev–Trinajstić information content (AvgIpc) is 3.32. The summed E-state index contributed by atoms with van der Waals surface area (Å²) in [5, 5.41) is 5.23. The SMILES string of the molecule is CC(c1cccc2ccccc12)n1cc[n+](C(C)c2cccc3ccccc23)c1.F[B-](F)(F)F. The second kappa shape index (κ2) is 9.71. The lowest BCUT2D eigenvalue weighted by Gasteiger charge is -2.13. The Morgan fingerprint density at radius 3 is 1.74 bits per heavy atom. The van der Waals surface area contributed by atoms with Gasteiger partial charge in [0.05, 0.1) is 0 Å². The van der Waals surface area contributed by atoms with Crippen LogP contribution in [0.5, 0.6) is 0 Å². The molecule has 0 radical (unpaired) electrons. The van der Waals surface area contributed by atoms with E-state index in [1.165, 1.54) is 32.7 Å². The molecule has 1 heterocycles. The quantitative estimate of drug-likeness (QED) is 0.147. The number of nitrogens with zero attached hydrogens (tertiary/aromatic N) is 2. The van der Waals surface area contributed by atoms with Crippen LogP contribution in [0.2, 0.25) is 0 Å². The molecule has 0 amide bonds. The highest BCUT2D eigenvalue weighted by Crippen LogP contribution is 2.27. The summed E-state index contributed by atoms with van der Waals surface area (Å²) >= 11 is 0. The minimum Gasteiger partial charge on any atom is -0.418 e. The van der Waals surface area contributed by atoms with Crippen LogP contribution >= 0.6 is 0 Å². The summed E-state index contributed by atoms with van der Waals surface area (Å²) in [4.78, 5) is 0. The van der Waals surface area contributed by atoms with Crippen LogP contribution in [0, 0.1) is 0 Å². The van der Waals surface area contributed by atoms with Gasteiger partial charge in [0.1, 0.15) is 24.5 Å². The standard InChI is InChI=1S/C27H25N2.BF4/c1-20(24-15-7-11-22-9-3-5-13-26(22)24)28-17-18-29(19-28)21(2)25-16-8-12-23-10-4-6-14-27(23)25;2-1(3,4)5/h3-21H,1-2H3;/q+1;-1. The van der Waals surface area contributed by atoms with E-state index in [1.54, 1.807) is 0 Å². The van der Waals surface area contributed by atoms with Crippen molar-refractivity contribution in [1.82, 2.24) is 4.57 Å². The number of fused-ring (bicyclic) bond motifs is 2. The molecule has 0 spiro atoms. The molecule has 0 aliphatic heterocycles. The number of hydrogen-bond donors (Lipinski definition) is 0. The summed E-state index contributed by atoms with van der Waals surface area (Å²) in [5.41, 5.74) is 2.70. The fourth-order valence-corrected chi connectivity index (χ4v) is 4.39. The first kappa shape index (κ1) is 23.5. The average molecular weight is 464 g/mol. The summed E-state index contributed by atoms with van der Waals surface area (Å²) in [6, 6.07) is 31.0. The smallest absolute Gasteiger partial charge is 0.418 e. The molecule has 0 N–H and O–H groups in total. The second-order valence-corrected chi connectivity index (χ2v) is 8.29. The van der Waals surface area contributed by atoms with Gasteiger partial charge in [-0.15, -0.1) is 0 Å². The Bertz CT molecular complexity index is 1290. The summed E-state index contributed by atoms with van der Waals surface area (Å²) in [7, 11) is -6.00. The zero-order chi connectivity index (χ0) is 24.3. The molecule has 0 aliphatic carbocycles. The van der Waals surface area contributed by atoms with E-state index < -0.39 is 7.25 Å². The van der Waals surface area contributed by atoms with Gasteiger partial charge >= 0.3 is 7.25 Å². The zero-order valence-corrected chi connectivity index (χ0v) is 19.0. The number of imidazole rings is 1. The molecule has 0 saturated heterocycles. The van der Waals surface area contributed by atoms with Gasteiger partial charge in [-0.3, -0.25) is 0 Å². The van der Waals surface area contributed by atoms with Gasteiger partial charge in [-0.25, -0.2) is 9.13 Å². The number of halogens is 4. The van der Waals surface area contributed by atoms with Gasteiger partial charge < -0.3 is 17.3 Å². The predicted molar refractivity (Wildman–Crippen MR) is 130 cm³/mol. The highest BCUT2D eigenvalue weighted by Gasteiger charge is 2.21. The molecular formula is C27H25BF4N2. The van der Waals surface area contributed by atoms with Crippen molar-refractivity contribution in [3.05, 3.63) is 115 Å². The van der Waals surface area contributed by atoms with Crippen LogP contribution in [0.15, 0.2) is 104 Å². The zero-order valence-electron chi connectivity index (χ0n) is 19.0. The first-order chi connectivity index (χ1) is 16.2. The molecule has 2 unspecified atom stereocenters. The third-order valence-electron chi connectivity index (χ3n) is 6.12. The largest absolute Gasteiger partial charge is 0.673 e. The fraction of sp³-hybridized carbons (Fsp3) is 0.148. The van der Waals surface area contributed by atoms with E-state index in [4.69, 9.17) is 0 Å². The van der Waals surface area contributed by atoms with Crippen LogP contribution < -0.4 is 4.57 Å². The molecule has 2 atom stereocenters. The monoisotopic (exact) mass is 464 g/mol. The highest BCUT2D eigenvalue weighted by molar-refractivity contribution is 6.50. The van der Waals surface area contributed by atoms with Gasteiger partial charge in [-0.1, -0.05) is 84.9 Å². The Hall–Kier alpha value is -3.61. The van der Waals surface area contributed by atoms with Crippen LogP contribution in [-0.2, 0) is 0 Å². The lowest BCUT2D eigenvalue weighted by Crippen LogP contribution is -2.36. The molecule has 174 valence electrons. The molecule has 5 aromatic rings. The Balaban J connectivity index is 0.000000499. The molecule has 5 rings (SSSR count). The number of aromatic nitrogens is 2. The van der Waals surface area contributed by atoms with E-state index in [9.17, 15) is 17.3 Å². The normalized spacial score (nSPS) is 13.4. The van der Waals surface area contributed by atoms with Crippen LogP contribution in [0.25, 0.3) is 21.5 Å². The molecule has 4 aromatic carbocycles. The lowest BCUT2D eigenvalue weighted by molar-refractivity contribution is -0.709. The first-order valence-electron chi connectivity index (χ1n) is 11.1. The summed E-state index contributed by atoms with van der Waals surface area (Å²) in [6.45, 7) is 4.55. The summed E-state index contributed by atoms with van der Waals surface area (Å²) < 4.78 is 43.6. The van der Waals surface area contributed by atoms with Crippen molar-refractivity contribution >= 4 is 28.8 Å². The van der Waals surface area contributed by atoms with Crippen molar-refractivity contribution in [2.24, 2.45) is 0 Å². The Kier molecular flexibility index (Phi) is 6.73. The molecule has 1 aromatic heterocycles. The van der Waals surface area contributed by atoms with E-state index in [2.05, 4.69) is 127 Å². The van der Waals surface area contributed by atoms with E-state index in [0.717, 1.165) is 0 Å². The first-order valence-corrected chi connectivity index (χ1v) is 11.1. The molecule has 0 bridgehead atoms. The number of benzene rings is 4. The lowest BCUT2D eigenvalue weighted by atomic mass is 9.99. The van der Waals surface area contributed by atoms with Crippen molar-refractivity contribution in [2.45, 2.75) is 25.9 Å².